The average molecular weight is 494 g/mol. The van der Waals surface area contributed by atoms with Crippen molar-refractivity contribution in [2.75, 3.05) is 36.4 Å². The second kappa shape index (κ2) is 10.9. The van der Waals surface area contributed by atoms with E-state index in [2.05, 4.69) is 53.7 Å². The van der Waals surface area contributed by atoms with Gasteiger partial charge in [-0.1, -0.05) is 18.2 Å². The zero-order valence-electron chi connectivity index (χ0n) is 20.4. The molecular weight excluding hydrogens is 462 g/mol. The molecule has 1 aromatic heterocycles. The van der Waals surface area contributed by atoms with Crippen LogP contribution in [0.15, 0.2) is 47.8 Å². The molecule has 0 spiro atoms. The van der Waals surface area contributed by atoms with Crippen molar-refractivity contribution in [1.29, 1.82) is 0 Å². The molecule has 8 nitrogen and oxygen atoms in total. The molecule has 3 aromatic rings. The Bertz CT molecular complexity index is 1180. The van der Waals surface area contributed by atoms with Crippen molar-refractivity contribution in [3.8, 4) is 11.3 Å². The Morgan fingerprint density at radius 1 is 1.17 bits per heavy atom. The lowest BCUT2D eigenvalue weighted by Gasteiger charge is -2.31. The van der Waals surface area contributed by atoms with Crippen LogP contribution in [-0.4, -0.2) is 47.0 Å². The third-order valence-electron chi connectivity index (χ3n) is 6.69. The van der Waals surface area contributed by atoms with Gasteiger partial charge in [-0.2, -0.15) is 0 Å². The number of nitrogens with zero attached hydrogens (tertiary/aromatic N) is 4. The number of likely N-dealkylation sites (tertiary alicyclic amines) is 1. The number of nitro groups is 1. The number of nitro benzene ring substituents is 1. The number of amides is 2. The van der Waals surface area contributed by atoms with Crippen LogP contribution in [0.3, 0.4) is 0 Å². The Morgan fingerprint density at radius 2 is 1.86 bits per heavy atom. The van der Waals surface area contributed by atoms with Crippen molar-refractivity contribution in [2.24, 2.45) is 0 Å². The van der Waals surface area contributed by atoms with Crippen molar-refractivity contribution in [3.05, 3.63) is 68.5 Å². The van der Waals surface area contributed by atoms with E-state index in [0.717, 1.165) is 42.2 Å². The Balaban J connectivity index is 1.35. The van der Waals surface area contributed by atoms with Gasteiger partial charge in [-0.15, -0.1) is 11.3 Å². The first kappa shape index (κ1) is 24.7. The van der Waals surface area contributed by atoms with E-state index in [1.807, 2.05) is 0 Å². The van der Waals surface area contributed by atoms with Gasteiger partial charge in [0.1, 0.15) is 0 Å². The maximum Gasteiger partial charge on any atom is 0.321 e. The fourth-order valence-corrected chi connectivity index (χ4v) is 5.52. The van der Waals surface area contributed by atoms with Crippen molar-refractivity contribution in [1.82, 2.24) is 9.88 Å². The van der Waals surface area contributed by atoms with E-state index in [4.69, 9.17) is 4.98 Å². The van der Waals surface area contributed by atoms with E-state index >= 15 is 0 Å². The second-order valence-electron chi connectivity index (χ2n) is 8.69. The molecule has 2 aromatic carbocycles. The zero-order valence-corrected chi connectivity index (χ0v) is 21.2. The van der Waals surface area contributed by atoms with E-state index in [-0.39, 0.29) is 11.7 Å². The summed E-state index contributed by atoms with van der Waals surface area (Å²) in [6, 6.07) is 13.1. The maximum atomic E-state index is 12.8. The number of carbonyl (C=O) groups is 1. The third-order valence-corrected chi connectivity index (χ3v) is 7.70. The molecule has 1 aliphatic heterocycles. The van der Waals surface area contributed by atoms with E-state index in [9.17, 15) is 14.9 Å². The van der Waals surface area contributed by atoms with Crippen molar-refractivity contribution in [2.45, 2.75) is 39.5 Å². The minimum absolute atomic E-state index is 0.00350. The van der Waals surface area contributed by atoms with Gasteiger partial charge in [-0.3, -0.25) is 10.1 Å². The van der Waals surface area contributed by atoms with Crippen LogP contribution in [-0.2, 0) is 0 Å². The number of hydrogen-bond acceptors (Lipinski definition) is 6. The van der Waals surface area contributed by atoms with Crippen molar-refractivity contribution in [3.63, 3.8) is 0 Å². The van der Waals surface area contributed by atoms with Gasteiger partial charge >= 0.3 is 6.03 Å². The van der Waals surface area contributed by atoms with Gasteiger partial charge in [-0.25, -0.2) is 9.78 Å². The SMILES string of the molecule is CCN(CC)c1ccc(-c2csc(C3CCN(C(=O)Nc4cccc([N+](=O)[O-])c4C)CC3)n2)cc1. The van der Waals surface area contributed by atoms with Crippen LogP contribution in [0.2, 0.25) is 0 Å². The molecule has 0 atom stereocenters. The molecule has 0 unspecified atom stereocenters. The molecule has 1 aliphatic rings. The van der Waals surface area contributed by atoms with E-state index in [0.29, 0.717) is 30.3 Å². The highest BCUT2D eigenvalue weighted by Gasteiger charge is 2.26. The molecule has 0 radical (unpaired) electrons. The van der Waals surface area contributed by atoms with E-state index in [1.54, 1.807) is 35.3 Å². The number of nitrogens with one attached hydrogen (secondary N) is 1. The Hall–Kier alpha value is -3.46. The zero-order chi connectivity index (χ0) is 24.9. The number of carbonyl (C=O) groups excluding carboxylic acids is 1. The number of hydrogen-bond donors (Lipinski definition) is 1. The lowest BCUT2D eigenvalue weighted by Crippen LogP contribution is -2.40. The summed E-state index contributed by atoms with van der Waals surface area (Å²) in [7, 11) is 0. The van der Waals surface area contributed by atoms with Crippen LogP contribution in [0.25, 0.3) is 11.3 Å². The van der Waals surface area contributed by atoms with Crippen LogP contribution in [0, 0.1) is 17.0 Å². The van der Waals surface area contributed by atoms with Gasteiger partial charge in [0.15, 0.2) is 0 Å². The summed E-state index contributed by atoms with van der Waals surface area (Å²) in [4.78, 5) is 32.5. The van der Waals surface area contributed by atoms with Crippen molar-refractivity contribution < 1.29 is 9.72 Å². The van der Waals surface area contributed by atoms with Gasteiger partial charge in [0.25, 0.3) is 5.69 Å². The summed E-state index contributed by atoms with van der Waals surface area (Å²) >= 11 is 1.68. The van der Waals surface area contributed by atoms with Gasteiger partial charge in [0.2, 0.25) is 0 Å². The Labute approximate surface area is 209 Å². The molecule has 9 heteroatoms. The lowest BCUT2D eigenvalue weighted by atomic mass is 9.97. The summed E-state index contributed by atoms with van der Waals surface area (Å²) in [5.74, 6) is 0.326. The first-order chi connectivity index (χ1) is 16.9. The quantitative estimate of drug-likeness (QED) is 0.309. The summed E-state index contributed by atoms with van der Waals surface area (Å²) in [6.07, 6.45) is 1.68. The molecule has 0 saturated carbocycles. The standard InChI is InChI=1S/C26H31N5O3S/c1-4-29(5-2)21-11-9-19(10-12-21)23-17-35-25(27-23)20-13-15-30(16-14-20)26(32)28-22-7-6-8-24(18(22)3)31(33)34/h6-12,17,20H,4-5,13-16H2,1-3H3,(H,28,32). The monoisotopic (exact) mass is 493 g/mol. The van der Waals surface area contributed by atoms with Crippen LogP contribution < -0.4 is 10.2 Å². The molecule has 184 valence electrons. The summed E-state index contributed by atoms with van der Waals surface area (Å²) in [5.41, 5.74) is 4.28. The second-order valence-corrected chi connectivity index (χ2v) is 9.58. The summed E-state index contributed by atoms with van der Waals surface area (Å²) in [5, 5.41) is 17.2. The average Bonchev–Trinajstić information content (AvgIpc) is 3.37. The molecule has 0 bridgehead atoms. The predicted octanol–water partition coefficient (Wildman–Crippen LogP) is 6.28. The minimum Gasteiger partial charge on any atom is -0.372 e. The highest BCUT2D eigenvalue weighted by molar-refractivity contribution is 7.10. The normalized spacial score (nSPS) is 14.1. The number of anilines is 2. The largest absolute Gasteiger partial charge is 0.372 e. The van der Waals surface area contributed by atoms with Crippen molar-refractivity contribution >= 4 is 34.4 Å². The molecule has 0 aliphatic carbocycles. The number of aromatic nitrogens is 1. The van der Waals surface area contributed by atoms with Gasteiger partial charge in [0.05, 0.1) is 26.9 Å². The highest BCUT2D eigenvalue weighted by atomic mass is 32.1. The number of rotatable bonds is 7. The molecule has 1 fully saturated rings. The summed E-state index contributed by atoms with van der Waals surface area (Å²) < 4.78 is 0. The first-order valence-electron chi connectivity index (χ1n) is 12.0. The van der Waals surface area contributed by atoms with Crippen LogP contribution in [0.1, 0.15) is 43.2 Å². The molecule has 4 rings (SSSR count). The fraction of sp³-hybridized carbons (Fsp3) is 0.385. The number of piperidine rings is 1. The summed E-state index contributed by atoms with van der Waals surface area (Å²) in [6.45, 7) is 9.19. The Morgan fingerprint density at radius 3 is 2.49 bits per heavy atom. The van der Waals surface area contributed by atoms with Gasteiger partial charge in [-0.05, 0) is 51.8 Å². The predicted molar refractivity (Wildman–Crippen MR) is 142 cm³/mol. The van der Waals surface area contributed by atoms with Crippen LogP contribution in [0.5, 0.6) is 0 Å². The number of urea groups is 1. The highest BCUT2D eigenvalue weighted by Crippen LogP contribution is 2.34. The van der Waals surface area contributed by atoms with E-state index in [1.165, 1.54) is 11.8 Å². The van der Waals surface area contributed by atoms with E-state index < -0.39 is 4.92 Å². The number of thiazole rings is 1. The molecule has 2 amide bonds. The third kappa shape index (κ3) is 5.45. The topological polar surface area (TPSA) is 91.6 Å². The van der Waals surface area contributed by atoms with Gasteiger partial charge in [0, 0.05) is 54.8 Å². The molecule has 1 N–H and O–H groups in total. The molecule has 2 heterocycles. The minimum atomic E-state index is -0.432. The Kier molecular flexibility index (Phi) is 7.65. The molecule has 35 heavy (non-hydrogen) atoms. The lowest BCUT2D eigenvalue weighted by molar-refractivity contribution is -0.385. The smallest absolute Gasteiger partial charge is 0.321 e. The maximum absolute atomic E-state index is 12.8. The molecule has 1 saturated heterocycles. The van der Waals surface area contributed by atoms with Crippen LogP contribution in [0.4, 0.5) is 21.9 Å². The fourth-order valence-electron chi connectivity index (χ4n) is 4.52. The molecular formula is C26H31N5O3S. The number of benzene rings is 2. The van der Waals surface area contributed by atoms with Gasteiger partial charge < -0.3 is 15.1 Å². The van der Waals surface area contributed by atoms with Crippen LogP contribution >= 0.6 is 11.3 Å². The first-order valence-corrected chi connectivity index (χ1v) is 12.9.